The fourth-order valence-electron chi connectivity index (χ4n) is 6.98. The van der Waals surface area contributed by atoms with Crippen LogP contribution in [-0.4, -0.2) is 15.0 Å². The zero-order valence-electron chi connectivity index (χ0n) is 26.7. The van der Waals surface area contributed by atoms with E-state index in [-0.39, 0.29) is 0 Å². The molecule has 234 valence electrons. The highest BCUT2D eigenvalue weighted by molar-refractivity contribution is 7.25. The summed E-state index contributed by atoms with van der Waals surface area (Å²) in [5.74, 6) is 0.652. The van der Waals surface area contributed by atoms with Crippen LogP contribution in [0.25, 0.3) is 98.4 Å². The Morgan fingerprint density at radius 3 is 2.08 bits per heavy atom. The van der Waals surface area contributed by atoms with Gasteiger partial charge in [0.15, 0.2) is 5.82 Å². The minimum atomic E-state index is 0.652. The number of aromatic nitrogens is 3. The highest BCUT2D eigenvalue weighted by Gasteiger charge is 2.20. The van der Waals surface area contributed by atoms with Crippen LogP contribution in [0.4, 0.5) is 0 Å². The summed E-state index contributed by atoms with van der Waals surface area (Å²) >= 11 is 1.83. The molecule has 0 unspecified atom stereocenters. The average molecular weight is 658 g/mol. The van der Waals surface area contributed by atoms with Gasteiger partial charge in [-0.1, -0.05) is 103 Å². The first kappa shape index (κ1) is 28.6. The molecule has 6 aromatic carbocycles. The molecule has 0 spiro atoms. The molecule has 0 aliphatic carbocycles. The molecule has 4 nitrogen and oxygen atoms in total. The van der Waals surface area contributed by atoms with Crippen LogP contribution < -0.4 is 0 Å². The van der Waals surface area contributed by atoms with E-state index in [0.717, 1.165) is 72.4 Å². The number of furan rings is 1. The molecule has 10 aromatic rings. The lowest BCUT2D eigenvalue weighted by Gasteiger charge is -2.12. The normalized spacial score (nSPS) is 11.6. The van der Waals surface area contributed by atoms with Crippen LogP contribution in [0.2, 0.25) is 0 Å². The highest BCUT2D eigenvalue weighted by atomic mass is 32.1. The van der Waals surface area contributed by atoms with E-state index in [4.69, 9.17) is 14.4 Å². The van der Waals surface area contributed by atoms with Gasteiger partial charge in [0.2, 0.25) is 0 Å². The van der Waals surface area contributed by atoms with Crippen molar-refractivity contribution in [1.29, 1.82) is 0 Å². The Labute approximate surface area is 292 Å². The summed E-state index contributed by atoms with van der Waals surface area (Å²) in [5.41, 5.74) is 10.4. The Balaban J connectivity index is 1.20. The molecule has 0 saturated carbocycles. The van der Waals surface area contributed by atoms with Crippen LogP contribution in [0, 0.1) is 0 Å². The number of pyridine rings is 1. The van der Waals surface area contributed by atoms with Crippen molar-refractivity contribution in [2.45, 2.75) is 0 Å². The lowest BCUT2D eigenvalue weighted by atomic mass is 9.95. The summed E-state index contributed by atoms with van der Waals surface area (Å²) in [7, 11) is 0. The second-order valence-corrected chi connectivity index (χ2v) is 13.5. The molecule has 4 heterocycles. The predicted octanol–water partition coefficient (Wildman–Crippen LogP) is 12.5. The van der Waals surface area contributed by atoms with Crippen molar-refractivity contribution in [3.63, 3.8) is 0 Å². The van der Waals surface area contributed by atoms with Crippen molar-refractivity contribution in [2.24, 2.45) is 0 Å². The smallest absolute Gasteiger partial charge is 0.160 e. The van der Waals surface area contributed by atoms with Gasteiger partial charge in [-0.25, -0.2) is 9.97 Å². The first-order valence-corrected chi connectivity index (χ1v) is 17.4. The Morgan fingerprint density at radius 2 is 1.18 bits per heavy atom. The number of rotatable bonds is 5. The molecular weight excluding hydrogens is 631 g/mol. The molecule has 0 amide bonds. The maximum absolute atomic E-state index is 6.73. The summed E-state index contributed by atoms with van der Waals surface area (Å²) in [5, 5.41) is 4.64. The third-order valence-corrected chi connectivity index (χ3v) is 10.5. The van der Waals surface area contributed by atoms with Gasteiger partial charge in [0.25, 0.3) is 0 Å². The number of thiophene rings is 1. The monoisotopic (exact) mass is 657 g/mol. The Hall–Kier alpha value is -6.43. The maximum Gasteiger partial charge on any atom is 0.160 e. The molecule has 0 atom stereocenters. The minimum absolute atomic E-state index is 0.652. The second kappa shape index (κ2) is 11.6. The van der Waals surface area contributed by atoms with E-state index < -0.39 is 0 Å². The molecule has 4 aromatic heterocycles. The lowest BCUT2D eigenvalue weighted by molar-refractivity contribution is 0.670. The summed E-state index contributed by atoms with van der Waals surface area (Å²) in [6, 6.07) is 54.7. The fourth-order valence-corrected chi connectivity index (χ4v) is 8.07. The molecule has 0 fully saturated rings. The zero-order chi connectivity index (χ0) is 33.0. The number of hydrogen-bond acceptors (Lipinski definition) is 5. The molecule has 0 N–H and O–H groups in total. The van der Waals surface area contributed by atoms with Crippen molar-refractivity contribution in [3.05, 3.63) is 164 Å². The SMILES string of the molecule is c1ccc(-c2cc(-c3ccc(-c4ccc5sc6ccccc6c5c4)c4oc5ccccc5c34)nc(-c3cccc(-c4ccccn4)c3)n2)cc1. The van der Waals surface area contributed by atoms with E-state index in [1.165, 1.54) is 20.2 Å². The third kappa shape index (κ3) is 4.79. The van der Waals surface area contributed by atoms with Gasteiger partial charge in [0, 0.05) is 65.0 Å². The van der Waals surface area contributed by atoms with Crippen molar-refractivity contribution >= 4 is 53.4 Å². The Morgan fingerprint density at radius 1 is 0.440 bits per heavy atom. The standard InChI is InChI=1S/C45H27N3OS/c1-2-11-28(12-3-1)38-27-39(48-45(47-38)31-14-10-13-30(25-31)37-17-8-9-24-46-37)34-22-21-32(44-43(34)35-16-4-6-18-40(35)49-44)29-20-23-42-36(26-29)33-15-5-7-19-41(33)50-42/h1-27H. The molecule has 0 radical (unpaired) electrons. The quantitative estimate of drug-likeness (QED) is 0.185. The van der Waals surface area contributed by atoms with Crippen LogP contribution in [0.3, 0.4) is 0 Å². The van der Waals surface area contributed by atoms with E-state index in [1.807, 2.05) is 72.1 Å². The van der Waals surface area contributed by atoms with Crippen molar-refractivity contribution in [2.75, 3.05) is 0 Å². The van der Waals surface area contributed by atoms with Crippen LogP contribution in [-0.2, 0) is 0 Å². The Kier molecular flexibility index (Phi) is 6.64. The van der Waals surface area contributed by atoms with Crippen molar-refractivity contribution in [1.82, 2.24) is 15.0 Å². The average Bonchev–Trinajstić information content (AvgIpc) is 3.77. The third-order valence-electron chi connectivity index (χ3n) is 9.37. The molecule has 5 heteroatoms. The van der Waals surface area contributed by atoms with Crippen LogP contribution in [0.5, 0.6) is 0 Å². The maximum atomic E-state index is 6.73. The predicted molar refractivity (Wildman–Crippen MR) is 207 cm³/mol. The number of fused-ring (bicyclic) bond motifs is 6. The number of benzene rings is 6. The fraction of sp³-hybridized carbons (Fsp3) is 0. The number of nitrogens with zero attached hydrogens (tertiary/aromatic N) is 3. The van der Waals surface area contributed by atoms with E-state index in [9.17, 15) is 0 Å². The van der Waals surface area contributed by atoms with E-state index in [1.54, 1.807) is 0 Å². The molecule has 0 aliphatic heterocycles. The Bertz CT molecular complexity index is 2870. The summed E-state index contributed by atoms with van der Waals surface area (Å²) in [6.07, 6.45) is 1.82. The van der Waals surface area contributed by atoms with Gasteiger partial charge in [-0.2, -0.15) is 0 Å². The molecule has 0 bridgehead atoms. The van der Waals surface area contributed by atoms with Gasteiger partial charge in [-0.3, -0.25) is 4.98 Å². The highest BCUT2D eigenvalue weighted by Crippen LogP contribution is 2.44. The topological polar surface area (TPSA) is 51.8 Å². The van der Waals surface area contributed by atoms with Crippen molar-refractivity contribution < 1.29 is 4.42 Å². The van der Waals surface area contributed by atoms with Gasteiger partial charge in [0.05, 0.1) is 17.1 Å². The number of hydrogen-bond donors (Lipinski definition) is 0. The summed E-state index contributed by atoms with van der Waals surface area (Å²) < 4.78 is 9.30. The van der Waals surface area contributed by atoms with Crippen LogP contribution in [0.15, 0.2) is 168 Å². The van der Waals surface area contributed by atoms with Gasteiger partial charge >= 0.3 is 0 Å². The molecule has 50 heavy (non-hydrogen) atoms. The summed E-state index contributed by atoms with van der Waals surface area (Å²) in [4.78, 5) is 15.0. The second-order valence-electron chi connectivity index (χ2n) is 12.4. The summed E-state index contributed by atoms with van der Waals surface area (Å²) in [6.45, 7) is 0. The molecular formula is C45H27N3OS. The molecule has 0 aliphatic rings. The first-order chi connectivity index (χ1) is 24.8. The van der Waals surface area contributed by atoms with Gasteiger partial charge in [0.1, 0.15) is 11.2 Å². The van der Waals surface area contributed by atoms with E-state index >= 15 is 0 Å². The van der Waals surface area contributed by atoms with E-state index in [0.29, 0.717) is 5.82 Å². The van der Waals surface area contributed by atoms with Crippen LogP contribution in [0.1, 0.15) is 0 Å². The zero-order valence-corrected chi connectivity index (χ0v) is 27.6. The number of para-hydroxylation sites is 1. The van der Waals surface area contributed by atoms with Gasteiger partial charge in [-0.05, 0) is 60.2 Å². The van der Waals surface area contributed by atoms with Crippen molar-refractivity contribution in [3.8, 4) is 56.3 Å². The first-order valence-electron chi connectivity index (χ1n) is 16.6. The van der Waals surface area contributed by atoms with Crippen LogP contribution >= 0.6 is 11.3 Å². The van der Waals surface area contributed by atoms with E-state index in [2.05, 4.69) is 108 Å². The minimum Gasteiger partial charge on any atom is -0.455 e. The van der Waals surface area contributed by atoms with Gasteiger partial charge in [-0.15, -0.1) is 11.3 Å². The largest absolute Gasteiger partial charge is 0.455 e. The molecule has 0 saturated heterocycles. The molecule has 10 rings (SSSR count). The lowest BCUT2D eigenvalue weighted by Crippen LogP contribution is -1.97. The van der Waals surface area contributed by atoms with Gasteiger partial charge < -0.3 is 4.42 Å².